The van der Waals surface area contributed by atoms with Crippen molar-refractivity contribution in [2.75, 3.05) is 6.61 Å². The maximum Gasteiger partial charge on any atom is 0.573 e. The zero-order valence-electron chi connectivity index (χ0n) is 22.4. The van der Waals surface area contributed by atoms with Crippen LogP contribution < -0.4 is 10.1 Å². The number of carbonyl (C=O) groups is 2. The molecule has 41 heavy (non-hydrogen) atoms. The first kappa shape index (κ1) is 28.7. The molecule has 2 aromatic carbocycles. The summed E-state index contributed by atoms with van der Waals surface area (Å²) in [4.78, 5) is 30.5. The third-order valence-corrected chi connectivity index (χ3v) is 8.32. The number of fused-ring (bicyclic) bond motifs is 1. The van der Waals surface area contributed by atoms with Crippen LogP contribution in [0.5, 0.6) is 5.75 Å². The fourth-order valence-electron chi connectivity index (χ4n) is 5.20. The van der Waals surface area contributed by atoms with Crippen LogP contribution in [-0.4, -0.2) is 34.2 Å². The van der Waals surface area contributed by atoms with Crippen molar-refractivity contribution in [2.24, 2.45) is 5.92 Å². The van der Waals surface area contributed by atoms with Gasteiger partial charge in [0, 0.05) is 25.4 Å². The molecule has 0 aliphatic heterocycles. The van der Waals surface area contributed by atoms with Crippen LogP contribution in [0.4, 0.5) is 13.2 Å². The van der Waals surface area contributed by atoms with E-state index in [-0.39, 0.29) is 29.9 Å². The average Bonchev–Trinajstić information content (AvgIpc) is 3.52. The quantitative estimate of drug-likeness (QED) is 0.212. The molecule has 1 aliphatic carbocycles. The number of benzene rings is 2. The maximum atomic E-state index is 12.6. The lowest BCUT2D eigenvalue weighted by atomic mass is 9.77. The van der Waals surface area contributed by atoms with E-state index >= 15 is 0 Å². The number of aromatic nitrogens is 2. The number of alkyl halides is 3. The number of imidazole rings is 1. The van der Waals surface area contributed by atoms with Crippen LogP contribution in [-0.2, 0) is 16.1 Å². The molecular weight excluding hydrogens is 555 g/mol. The van der Waals surface area contributed by atoms with Crippen molar-refractivity contribution >= 4 is 28.2 Å². The summed E-state index contributed by atoms with van der Waals surface area (Å²) < 4.78 is 47.7. The number of amides is 1. The molecule has 0 spiro atoms. The van der Waals surface area contributed by atoms with Crippen molar-refractivity contribution in [2.45, 2.75) is 57.9 Å². The molecule has 0 saturated heterocycles. The molecule has 2 heterocycles. The van der Waals surface area contributed by atoms with E-state index in [1.165, 1.54) is 41.2 Å². The van der Waals surface area contributed by atoms with E-state index in [9.17, 15) is 22.8 Å². The molecule has 1 aliphatic rings. The second-order valence-electron chi connectivity index (χ2n) is 10.1. The Morgan fingerprint density at radius 1 is 1.02 bits per heavy atom. The topological polar surface area (TPSA) is 81.9 Å². The van der Waals surface area contributed by atoms with Gasteiger partial charge in [-0.25, -0.2) is 4.98 Å². The van der Waals surface area contributed by atoms with Gasteiger partial charge in [0.2, 0.25) is 0 Å². The van der Waals surface area contributed by atoms with Gasteiger partial charge in [0.1, 0.15) is 11.4 Å². The van der Waals surface area contributed by atoms with E-state index in [0.29, 0.717) is 35.4 Å². The second kappa shape index (κ2) is 12.3. The molecule has 1 fully saturated rings. The Morgan fingerprint density at radius 3 is 2.37 bits per heavy atom. The van der Waals surface area contributed by atoms with Crippen molar-refractivity contribution < 1.29 is 32.2 Å². The largest absolute Gasteiger partial charge is 0.573 e. The molecule has 0 atom stereocenters. The van der Waals surface area contributed by atoms with Crippen LogP contribution in [0.25, 0.3) is 15.4 Å². The summed E-state index contributed by atoms with van der Waals surface area (Å²) in [6.07, 6.45) is 3.57. The van der Waals surface area contributed by atoms with E-state index in [1.54, 1.807) is 6.20 Å². The van der Waals surface area contributed by atoms with Crippen LogP contribution in [0, 0.1) is 5.92 Å². The highest BCUT2D eigenvalue weighted by Crippen LogP contribution is 2.38. The summed E-state index contributed by atoms with van der Waals surface area (Å²) in [6, 6.07) is 13.9. The third-order valence-electron chi connectivity index (χ3n) is 7.27. The van der Waals surface area contributed by atoms with Gasteiger partial charge >= 0.3 is 12.3 Å². The first-order valence-corrected chi connectivity index (χ1v) is 14.4. The number of esters is 1. The lowest BCUT2D eigenvalue weighted by molar-refractivity contribution is -0.274. The summed E-state index contributed by atoms with van der Waals surface area (Å²) in [5.41, 5.74) is 3.27. The summed E-state index contributed by atoms with van der Waals surface area (Å²) in [5, 5.41) is 2.74. The van der Waals surface area contributed by atoms with Crippen molar-refractivity contribution in [3.63, 3.8) is 0 Å². The molecule has 1 saturated carbocycles. The Balaban J connectivity index is 1.14. The Labute approximate surface area is 239 Å². The SMILES string of the molecule is CCOC(=O)C[C@H]1CC[C@H](c2ccc(-c3cn4cc(C(=O)NCc5ccc(OC(F)(F)F)cc5)nc4s3)cc2)CC1. The highest BCUT2D eigenvalue weighted by molar-refractivity contribution is 7.20. The van der Waals surface area contributed by atoms with Crippen LogP contribution in [0.3, 0.4) is 0 Å². The molecule has 0 unspecified atom stereocenters. The number of hydrogen-bond acceptors (Lipinski definition) is 6. The Kier molecular flexibility index (Phi) is 8.63. The number of halogens is 3. The van der Waals surface area contributed by atoms with Crippen LogP contribution in [0.1, 0.15) is 66.6 Å². The summed E-state index contributed by atoms with van der Waals surface area (Å²) >= 11 is 1.48. The minimum atomic E-state index is -4.75. The summed E-state index contributed by atoms with van der Waals surface area (Å²) in [5.74, 6) is 0.117. The van der Waals surface area contributed by atoms with Crippen molar-refractivity contribution in [3.8, 4) is 16.2 Å². The van der Waals surface area contributed by atoms with E-state index in [2.05, 4.69) is 39.3 Å². The lowest BCUT2D eigenvalue weighted by Crippen LogP contribution is -2.23. The zero-order chi connectivity index (χ0) is 29.0. The van der Waals surface area contributed by atoms with Crippen LogP contribution >= 0.6 is 11.3 Å². The molecule has 7 nitrogen and oxygen atoms in total. The molecule has 1 N–H and O–H groups in total. The molecule has 11 heteroatoms. The monoisotopic (exact) mass is 585 g/mol. The third kappa shape index (κ3) is 7.46. The van der Waals surface area contributed by atoms with Crippen LogP contribution in [0.2, 0.25) is 0 Å². The minimum absolute atomic E-state index is 0.0949. The first-order chi connectivity index (χ1) is 19.7. The van der Waals surface area contributed by atoms with E-state index in [1.807, 2.05) is 17.5 Å². The molecular formula is C30H30F3N3O4S. The van der Waals surface area contributed by atoms with Gasteiger partial charge in [-0.05, 0) is 73.3 Å². The van der Waals surface area contributed by atoms with E-state index < -0.39 is 6.36 Å². The summed E-state index contributed by atoms with van der Waals surface area (Å²) in [6.45, 7) is 2.40. The number of nitrogens with zero attached hydrogens (tertiary/aromatic N) is 2. The van der Waals surface area contributed by atoms with Gasteiger partial charge in [-0.15, -0.1) is 13.2 Å². The van der Waals surface area contributed by atoms with Gasteiger partial charge in [0.15, 0.2) is 4.96 Å². The highest BCUT2D eigenvalue weighted by Gasteiger charge is 2.31. The highest BCUT2D eigenvalue weighted by atomic mass is 32.1. The van der Waals surface area contributed by atoms with Gasteiger partial charge in [0.25, 0.3) is 5.91 Å². The normalized spacial score (nSPS) is 17.4. The molecule has 4 aromatic rings. The molecule has 1 amide bonds. The minimum Gasteiger partial charge on any atom is -0.466 e. The smallest absolute Gasteiger partial charge is 0.466 e. The zero-order valence-corrected chi connectivity index (χ0v) is 23.3. The van der Waals surface area contributed by atoms with Crippen molar-refractivity contribution in [3.05, 3.63) is 77.7 Å². The van der Waals surface area contributed by atoms with E-state index in [4.69, 9.17) is 4.74 Å². The average molecular weight is 586 g/mol. The molecule has 216 valence electrons. The molecule has 0 radical (unpaired) electrons. The fourth-order valence-corrected chi connectivity index (χ4v) is 6.17. The number of thiazole rings is 1. The van der Waals surface area contributed by atoms with Gasteiger partial charge in [-0.1, -0.05) is 47.7 Å². The summed E-state index contributed by atoms with van der Waals surface area (Å²) in [7, 11) is 0. The van der Waals surface area contributed by atoms with Gasteiger partial charge < -0.3 is 14.8 Å². The Hall–Kier alpha value is -3.86. The molecule has 0 bridgehead atoms. The molecule has 2 aromatic heterocycles. The van der Waals surface area contributed by atoms with Gasteiger partial charge in [0.05, 0.1) is 11.5 Å². The first-order valence-electron chi connectivity index (χ1n) is 13.5. The Morgan fingerprint density at radius 2 is 1.73 bits per heavy atom. The predicted molar refractivity (Wildman–Crippen MR) is 149 cm³/mol. The van der Waals surface area contributed by atoms with Gasteiger partial charge in [-0.2, -0.15) is 0 Å². The maximum absolute atomic E-state index is 12.6. The fraction of sp³-hybridized carbons (Fsp3) is 0.367. The van der Waals surface area contributed by atoms with Crippen molar-refractivity contribution in [1.29, 1.82) is 0 Å². The van der Waals surface area contributed by atoms with Gasteiger partial charge in [-0.3, -0.25) is 14.0 Å². The molecule has 5 rings (SSSR count). The van der Waals surface area contributed by atoms with E-state index in [0.717, 1.165) is 36.1 Å². The number of rotatable bonds is 9. The predicted octanol–water partition coefficient (Wildman–Crippen LogP) is 7.12. The standard InChI is InChI=1S/C30H30F3N3O4S/c1-2-39-27(37)15-19-3-7-21(8-4-19)22-9-11-23(12-10-22)26-18-36-17-25(35-29(36)41-26)28(38)34-16-20-5-13-24(14-6-20)40-30(31,32)33/h5-6,9-14,17-19,21H,2-4,7-8,15-16H2,1H3,(H,34,38)/t19-,21-. The number of carbonyl (C=O) groups excluding carboxylic acids is 2. The number of nitrogens with one attached hydrogen (secondary N) is 1. The number of hydrogen-bond donors (Lipinski definition) is 1. The van der Waals surface area contributed by atoms with Crippen LogP contribution in [0.15, 0.2) is 60.9 Å². The van der Waals surface area contributed by atoms with Crippen molar-refractivity contribution in [1.82, 2.24) is 14.7 Å². The lowest BCUT2D eigenvalue weighted by Gasteiger charge is -2.28. The Bertz CT molecular complexity index is 1460. The number of ether oxygens (including phenoxy) is 2. The second-order valence-corrected chi connectivity index (χ2v) is 11.1.